The molecule has 1 aliphatic rings. The first kappa shape index (κ1) is 17.2. The first-order valence-corrected chi connectivity index (χ1v) is 9.11. The summed E-state index contributed by atoms with van der Waals surface area (Å²) in [6.45, 7) is 3.86. The minimum Gasteiger partial charge on any atom is -0.353 e. The molecule has 0 aliphatic heterocycles. The van der Waals surface area contributed by atoms with Gasteiger partial charge in [0.25, 0.3) is 0 Å². The van der Waals surface area contributed by atoms with Crippen molar-refractivity contribution in [3.05, 3.63) is 40.0 Å². The molecule has 1 aliphatic carbocycles. The third-order valence-electron chi connectivity index (χ3n) is 4.01. The van der Waals surface area contributed by atoms with E-state index in [1.807, 2.05) is 0 Å². The van der Waals surface area contributed by atoms with Gasteiger partial charge in [-0.1, -0.05) is 15.9 Å². The summed E-state index contributed by atoms with van der Waals surface area (Å²) in [5.41, 5.74) is 3.37. The van der Waals surface area contributed by atoms with Crippen LogP contribution < -0.4 is 10.6 Å². The molecule has 24 heavy (non-hydrogen) atoms. The van der Waals surface area contributed by atoms with E-state index in [4.69, 9.17) is 0 Å². The second-order valence-corrected chi connectivity index (χ2v) is 7.45. The summed E-state index contributed by atoms with van der Waals surface area (Å²) in [7, 11) is 4.12. The molecular weight excluding hydrogens is 366 g/mol. The molecule has 0 atom stereocenters. The Morgan fingerprint density at radius 1 is 1.21 bits per heavy atom. The predicted molar refractivity (Wildman–Crippen MR) is 103 cm³/mol. The zero-order chi connectivity index (χ0) is 17.1. The van der Waals surface area contributed by atoms with E-state index in [1.54, 1.807) is 0 Å². The van der Waals surface area contributed by atoms with Crippen LogP contribution in [-0.4, -0.2) is 42.1 Å². The van der Waals surface area contributed by atoms with E-state index in [-0.39, 0.29) is 0 Å². The van der Waals surface area contributed by atoms with Gasteiger partial charge in [-0.3, -0.25) is 0 Å². The molecule has 1 fully saturated rings. The Hall–Kier alpha value is -1.66. The smallest absolute Gasteiger partial charge is 0.224 e. The zero-order valence-electron chi connectivity index (χ0n) is 14.4. The van der Waals surface area contributed by atoms with E-state index in [1.165, 1.54) is 18.4 Å². The highest BCUT2D eigenvalue weighted by atomic mass is 79.9. The lowest BCUT2D eigenvalue weighted by Crippen LogP contribution is -2.21. The minimum absolute atomic E-state index is 0.592. The van der Waals surface area contributed by atoms with Gasteiger partial charge in [-0.2, -0.15) is 4.98 Å². The van der Waals surface area contributed by atoms with Gasteiger partial charge >= 0.3 is 0 Å². The van der Waals surface area contributed by atoms with Gasteiger partial charge in [-0.15, -0.1) is 0 Å². The Morgan fingerprint density at radius 2 is 2.00 bits per heavy atom. The standard InChI is InChI=1S/C18H24BrN5/c1-12-10-14(6-7-15(12)19)21-17-11-16(13-4-5-13)22-18(23-17)20-8-9-24(2)3/h6-7,10-11,13H,4-5,8-9H2,1-3H3,(H2,20,21,22,23). The number of benzene rings is 1. The number of likely N-dealkylation sites (N-methyl/N-ethyl adjacent to an activating group) is 1. The van der Waals surface area contributed by atoms with E-state index >= 15 is 0 Å². The van der Waals surface area contributed by atoms with E-state index < -0.39 is 0 Å². The van der Waals surface area contributed by atoms with E-state index in [9.17, 15) is 0 Å². The fraction of sp³-hybridized carbons (Fsp3) is 0.444. The topological polar surface area (TPSA) is 53.1 Å². The maximum Gasteiger partial charge on any atom is 0.224 e. The number of rotatable bonds is 7. The van der Waals surface area contributed by atoms with Crippen molar-refractivity contribution in [1.29, 1.82) is 0 Å². The van der Waals surface area contributed by atoms with Crippen molar-refractivity contribution in [2.24, 2.45) is 0 Å². The molecular formula is C18H24BrN5. The van der Waals surface area contributed by atoms with Crippen LogP contribution in [0.4, 0.5) is 17.5 Å². The molecule has 1 aromatic carbocycles. The fourth-order valence-electron chi connectivity index (χ4n) is 2.46. The maximum absolute atomic E-state index is 4.68. The number of halogens is 1. The Morgan fingerprint density at radius 3 is 2.67 bits per heavy atom. The van der Waals surface area contributed by atoms with Crippen LogP contribution in [-0.2, 0) is 0 Å². The molecule has 0 bridgehead atoms. The molecule has 0 saturated heterocycles. The molecule has 1 heterocycles. The van der Waals surface area contributed by atoms with Crippen LogP contribution in [0.1, 0.15) is 30.0 Å². The summed E-state index contributed by atoms with van der Waals surface area (Å²) in [6, 6.07) is 8.29. The molecule has 3 rings (SSSR count). The Balaban J connectivity index is 1.77. The number of nitrogens with zero attached hydrogens (tertiary/aromatic N) is 3. The summed E-state index contributed by atoms with van der Waals surface area (Å²) in [4.78, 5) is 11.4. The first-order valence-electron chi connectivity index (χ1n) is 8.32. The summed E-state index contributed by atoms with van der Waals surface area (Å²) < 4.78 is 1.11. The van der Waals surface area contributed by atoms with Crippen molar-refractivity contribution in [3.63, 3.8) is 0 Å². The van der Waals surface area contributed by atoms with Crippen molar-refractivity contribution >= 4 is 33.4 Å². The second kappa shape index (κ2) is 7.49. The van der Waals surface area contributed by atoms with Gasteiger partial charge in [0.05, 0.1) is 5.69 Å². The number of nitrogens with one attached hydrogen (secondary N) is 2. The van der Waals surface area contributed by atoms with Crippen LogP contribution in [0.5, 0.6) is 0 Å². The van der Waals surface area contributed by atoms with Crippen molar-refractivity contribution < 1.29 is 0 Å². The Kier molecular flexibility index (Phi) is 5.36. The van der Waals surface area contributed by atoms with Gasteiger partial charge in [0, 0.05) is 35.2 Å². The largest absolute Gasteiger partial charge is 0.353 e. The van der Waals surface area contributed by atoms with Gasteiger partial charge < -0.3 is 15.5 Å². The Labute approximate surface area is 152 Å². The minimum atomic E-state index is 0.592. The first-order chi connectivity index (χ1) is 11.5. The number of hydrogen-bond donors (Lipinski definition) is 2. The van der Waals surface area contributed by atoms with Crippen molar-refractivity contribution in [1.82, 2.24) is 14.9 Å². The van der Waals surface area contributed by atoms with E-state index in [0.717, 1.165) is 34.8 Å². The summed E-state index contributed by atoms with van der Waals surface area (Å²) in [5, 5.41) is 6.75. The molecule has 128 valence electrons. The fourth-order valence-corrected chi connectivity index (χ4v) is 2.71. The molecule has 0 spiro atoms. The molecule has 0 unspecified atom stereocenters. The third-order valence-corrected chi connectivity index (χ3v) is 4.90. The molecule has 1 aromatic heterocycles. The lowest BCUT2D eigenvalue weighted by Gasteiger charge is -2.13. The lowest BCUT2D eigenvalue weighted by atomic mass is 10.2. The van der Waals surface area contributed by atoms with Crippen LogP contribution in [0.2, 0.25) is 0 Å². The molecule has 6 heteroatoms. The molecule has 1 saturated carbocycles. The van der Waals surface area contributed by atoms with E-state index in [0.29, 0.717) is 11.9 Å². The summed E-state index contributed by atoms with van der Waals surface area (Å²) >= 11 is 3.54. The highest BCUT2D eigenvalue weighted by Gasteiger charge is 2.26. The van der Waals surface area contributed by atoms with Gasteiger partial charge in [0.2, 0.25) is 5.95 Å². The second-order valence-electron chi connectivity index (χ2n) is 6.59. The van der Waals surface area contributed by atoms with Crippen molar-refractivity contribution in [2.75, 3.05) is 37.8 Å². The molecule has 2 N–H and O–H groups in total. The molecule has 0 amide bonds. The van der Waals surface area contributed by atoms with Gasteiger partial charge in [-0.25, -0.2) is 4.98 Å². The normalized spacial score (nSPS) is 14.0. The van der Waals surface area contributed by atoms with Crippen molar-refractivity contribution in [3.8, 4) is 0 Å². The number of aryl methyl sites for hydroxylation is 1. The third kappa shape index (κ3) is 4.68. The maximum atomic E-state index is 4.68. The van der Waals surface area contributed by atoms with Gasteiger partial charge in [0.1, 0.15) is 5.82 Å². The SMILES string of the molecule is Cc1cc(Nc2cc(C3CC3)nc(NCCN(C)C)n2)ccc1Br. The van der Waals surface area contributed by atoms with Crippen molar-refractivity contribution in [2.45, 2.75) is 25.7 Å². The van der Waals surface area contributed by atoms with Crippen LogP contribution in [0.15, 0.2) is 28.7 Å². The summed E-state index contributed by atoms with van der Waals surface area (Å²) in [5.74, 6) is 2.15. The average molecular weight is 390 g/mol. The number of aromatic nitrogens is 2. The molecule has 5 nitrogen and oxygen atoms in total. The Bertz CT molecular complexity index is 713. The highest BCUT2D eigenvalue weighted by molar-refractivity contribution is 9.10. The predicted octanol–water partition coefficient (Wildman–Crippen LogP) is 4.14. The summed E-state index contributed by atoms with van der Waals surface area (Å²) in [6.07, 6.45) is 2.45. The lowest BCUT2D eigenvalue weighted by molar-refractivity contribution is 0.425. The average Bonchev–Trinajstić information content (AvgIpc) is 3.35. The molecule has 2 aromatic rings. The quantitative estimate of drug-likeness (QED) is 0.744. The van der Waals surface area contributed by atoms with E-state index in [2.05, 4.69) is 86.7 Å². The number of anilines is 3. The van der Waals surface area contributed by atoms with Gasteiger partial charge in [0.15, 0.2) is 0 Å². The van der Waals surface area contributed by atoms with Crippen LogP contribution in [0, 0.1) is 6.92 Å². The monoisotopic (exact) mass is 389 g/mol. The molecule has 0 radical (unpaired) electrons. The van der Waals surface area contributed by atoms with Crippen LogP contribution in [0.25, 0.3) is 0 Å². The van der Waals surface area contributed by atoms with Crippen LogP contribution >= 0.6 is 15.9 Å². The highest BCUT2D eigenvalue weighted by Crippen LogP contribution is 2.40. The zero-order valence-corrected chi connectivity index (χ0v) is 16.0. The number of hydrogen-bond acceptors (Lipinski definition) is 5. The van der Waals surface area contributed by atoms with Crippen LogP contribution in [0.3, 0.4) is 0 Å². The van der Waals surface area contributed by atoms with Gasteiger partial charge in [-0.05, 0) is 57.6 Å².